The van der Waals surface area contributed by atoms with Gasteiger partial charge in [-0.05, 0) is 63.6 Å². The number of terminal acetylenes is 1. The van der Waals surface area contributed by atoms with Gasteiger partial charge in [-0.1, -0.05) is 67.8 Å². The molecular formula is C32H41N3O4. The van der Waals surface area contributed by atoms with Crippen molar-refractivity contribution in [3.63, 3.8) is 0 Å². The number of unbranched alkanes of at least 4 members (excludes halogenated alkanes) is 1. The van der Waals surface area contributed by atoms with Gasteiger partial charge < -0.3 is 20.3 Å². The number of carbonyl (C=O) groups is 3. The second-order valence-corrected chi connectivity index (χ2v) is 11.0. The van der Waals surface area contributed by atoms with Gasteiger partial charge in [0.2, 0.25) is 11.8 Å². The van der Waals surface area contributed by atoms with E-state index in [1.165, 1.54) is 0 Å². The molecule has 2 aromatic rings. The molecule has 1 aliphatic rings. The monoisotopic (exact) mass is 531 g/mol. The third-order valence-electron chi connectivity index (χ3n) is 6.76. The van der Waals surface area contributed by atoms with E-state index in [0.29, 0.717) is 17.7 Å². The Morgan fingerprint density at radius 2 is 1.74 bits per heavy atom. The maximum atomic E-state index is 14.5. The van der Waals surface area contributed by atoms with E-state index in [2.05, 4.69) is 23.5 Å². The summed E-state index contributed by atoms with van der Waals surface area (Å²) in [6.07, 6.45) is 9.66. The molecule has 3 rings (SSSR count). The number of amides is 3. The molecule has 0 saturated heterocycles. The van der Waals surface area contributed by atoms with Crippen molar-refractivity contribution in [1.29, 1.82) is 0 Å². The highest BCUT2D eigenvalue weighted by Gasteiger charge is 2.42. The van der Waals surface area contributed by atoms with Crippen molar-refractivity contribution in [3.05, 3.63) is 71.3 Å². The predicted molar refractivity (Wildman–Crippen MR) is 153 cm³/mol. The number of hydrogen-bond donors (Lipinski definition) is 2. The first-order chi connectivity index (χ1) is 18.6. The van der Waals surface area contributed by atoms with Gasteiger partial charge in [0.15, 0.2) is 0 Å². The molecule has 0 aliphatic heterocycles. The van der Waals surface area contributed by atoms with E-state index in [1.54, 1.807) is 31.7 Å². The van der Waals surface area contributed by atoms with Crippen LogP contribution in [0, 0.1) is 12.3 Å². The average Bonchev–Trinajstić information content (AvgIpc) is 2.86. The summed E-state index contributed by atoms with van der Waals surface area (Å²) in [5, 5.41) is 5.83. The van der Waals surface area contributed by atoms with Gasteiger partial charge in [-0.2, -0.15) is 0 Å². The Morgan fingerprint density at radius 3 is 2.33 bits per heavy atom. The van der Waals surface area contributed by atoms with Crippen LogP contribution in [0.25, 0.3) is 0 Å². The topological polar surface area (TPSA) is 87.7 Å². The van der Waals surface area contributed by atoms with Crippen LogP contribution >= 0.6 is 0 Å². The second kappa shape index (κ2) is 13.8. The SMILES string of the molecule is C#Cc1ccccc1C(C(=O)NCCCC)N(C(=O)C(Cc1ccccc1)NC(=O)OC(C)(C)C)C1CCC1. The quantitative estimate of drug-likeness (QED) is 0.310. The number of carbonyl (C=O) groups excluding carboxylic acids is 3. The van der Waals surface area contributed by atoms with Crippen LogP contribution in [0.1, 0.15) is 82.5 Å². The Morgan fingerprint density at radius 1 is 1.08 bits per heavy atom. The molecule has 7 nitrogen and oxygen atoms in total. The highest BCUT2D eigenvalue weighted by Crippen LogP contribution is 2.35. The summed E-state index contributed by atoms with van der Waals surface area (Å²) in [7, 11) is 0. The smallest absolute Gasteiger partial charge is 0.408 e. The van der Waals surface area contributed by atoms with E-state index in [0.717, 1.165) is 37.7 Å². The Balaban J connectivity index is 2.05. The van der Waals surface area contributed by atoms with Gasteiger partial charge in [0.05, 0.1) is 0 Å². The van der Waals surface area contributed by atoms with Crippen molar-refractivity contribution < 1.29 is 19.1 Å². The number of hydrogen-bond acceptors (Lipinski definition) is 4. The molecule has 1 aliphatic carbocycles. The highest BCUT2D eigenvalue weighted by atomic mass is 16.6. The molecule has 0 spiro atoms. The van der Waals surface area contributed by atoms with Crippen LogP contribution in [0.2, 0.25) is 0 Å². The number of alkyl carbamates (subject to hydrolysis) is 1. The van der Waals surface area contributed by atoms with Crippen LogP contribution in [0.5, 0.6) is 0 Å². The molecule has 2 atom stereocenters. The van der Waals surface area contributed by atoms with Gasteiger partial charge >= 0.3 is 6.09 Å². The van der Waals surface area contributed by atoms with Crippen LogP contribution in [-0.2, 0) is 20.7 Å². The highest BCUT2D eigenvalue weighted by molar-refractivity contribution is 5.93. The molecule has 1 fully saturated rings. The minimum atomic E-state index is -0.938. The first-order valence-electron chi connectivity index (χ1n) is 13.8. The normalized spacial score (nSPS) is 14.7. The van der Waals surface area contributed by atoms with E-state index < -0.39 is 23.8 Å². The minimum Gasteiger partial charge on any atom is -0.444 e. The Labute approximate surface area is 232 Å². The van der Waals surface area contributed by atoms with Crippen LogP contribution in [-0.4, -0.2) is 47.0 Å². The molecule has 1 saturated carbocycles. The largest absolute Gasteiger partial charge is 0.444 e. The molecule has 0 bridgehead atoms. The zero-order valence-corrected chi connectivity index (χ0v) is 23.5. The molecule has 0 radical (unpaired) electrons. The van der Waals surface area contributed by atoms with E-state index in [4.69, 9.17) is 11.2 Å². The number of benzene rings is 2. The van der Waals surface area contributed by atoms with Crippen molar-refractivity contribution in [3.8, 4) is 12.3 Å². The third-order valence-corrected chi connectivity index (χ3v) is 6.76. The lowest BCUT2D eigenvalue weighted by Gasteiger charge is -2.44. The van der Waals surface area contributed by atoms with E-state index in [-0.39, 0.29) is 24.3 Å². The molecule has 2 N–H and O–H groups in total. The molecule has 2 unspecified atom stereocenters. The van der Waals surface area contributed by atoms with Gasteiger partial charge in [-0.3, -0.25) is 9.59 Å². The standard InChI is InChI=1S/C32H41N3O4/c1-6-8-21-33-29(36)28(26-20-13-12-17-24(26)7-2)35(25-18-14-19-25)30(37)27(22-23-15-10-9-11-16-23)34-31(38)39-32(3,4)5/h2,9-13,15-17,20,25,27-28H,6,8,14,18-19,21-22H2,1,3-5H3,(H,33,36)(H,34,38). The van der Waals surface area contributed by atoms with Crippen molar-refractivity contribution in [2.24, 2.45) is 0 Å². The molecular weight excluding hydrogens is 490 g/mol. The van der Waals surface area contributed by atoms with Gasteiger partial charge in [0.25, 0.3) is 0 Å². The summed E-state index contributed by atoms with van der Waals surface area (Å²) in [6.45, 7) is 7.87. The molecule has 2 aromatic carbocycles. The maximum Gasteiger partial charge on any atom is 0.408 e. The lowest BCUT2D eigenvalue weighted by atomic mass is 9.87. The van der Waals surface area contributed by atoms with Crippen molar-refractivity contribution >= 4 is 17.9 Å². The maximum absolute atomic E-state index is 14.5. The number of rotatable bonds is 11. The van der Waals surface area contributed by atoms with Crippen LogP contribution in [0.3, 0.4) is 0 Å². The third kappa shape index (κ3) is 8.35. The second-order valence-electron chi connectivity index (χ2n) is 11.0. The zero-order chi connectivity index (χ0) is 28.4. The van der Waals surface area contributed by atoms with Crippen LogP contribution < -0.4 is 10.6 Å². The lowest BCUT2D eigenvalue weighted by molar-refractivity contribution is -0.147. The van der Waals surface area contributed by atoms with Crippen molar-refractivity contribution in [1.82, 2.24) is 15.5 Å². The number of ether oxygens (including phenoxy) is 1. The Kier molecular flexibility index (Phi) is 10.6. The van der Waals surface area contributed by atoms with Crippen molar-refractivity contribution in [2.45, 2.75) is 89.9 Å². The van der Waals surface area contributed by atoms with Crippen LogP contribution in [0.15, 0.2) is 54.6 Å². The molecule has 7 heteroatoms. The lowest BCUT2D eigenvalue weighted by Crippen LogP contribution is -2.58. The Hall–Kier alpha value is -3.79. The molecule has 0 aromatic heterocycles. The summed E-state index contributed by atoms with van der Waals surface area (Å²) in [6, 6.07) is 14.7. The molecule has 3 amide bonds. The summed E-state index contributed by atoms with van der Waals surface area (Å²) in [4.78, 5) is 42.8. The van der Waals surface area contributed by atoms with E-state index in [1.807, 2.05) is 48.5 Å². The summed E-state index contributed by atoms with van der Waals surface area (Å²) < 4.78 is 5.50. The van der Waals surface area contributed by atoms with Gasteiger partial charge in [0, 0.05) is 24.6 Å². The average molecular weight is 532 g/mol. The fraction of sp³-hybridized carbons (Fsp3) is 0.469. The van der Waals surface area contributed by atoms with Gasteiger partial charge in [-0.25, -0.2) is 4.79 Å². The van der Waals surface area contributed by atoms with Gasteiger partial charge in [0.1, 0.15) is 17.7 Å². The van der Waals surface area contributed by atoms with Crippen molar-refractivity contribution in [2.75, 3.05) is 6.54 Å². The number of nitrogens with one attached hydrogen (secondary N) is 2. The summed E-state index contributed by atoms with van der Waals surface area (Å²) in [5.41, 5.74) is 1.31. The fourth-order valence-electron chi connectivity index (χ4n) is 4.63. The first kappa shape index (κ1) is 29.8. The fourth-order valence-corrected chi connectivity index (χ4v) is 4.63. The molecule has 208 valence electrons. The van der Waals surface area contributed by atoms with Gasteiger partial charge in [-0.15, -0.1) is 6.42 Å². The first-order valence-corrected chi connectivity index (χ1v) is 13.8. The molecule has 39 heavy (non-hydrogen) atoms. The van der Waals surface area contributed by atoms with Crippen LogP contribution in [0.4, 0.5) is 4.79 Å². The predicted octanol–water partition coefficient (Wildman–Crippen LogP) is 5.14. The summed E-state index contributed by atoms with van der Waals surface area (Å²) >= 11 is 0. The molecule has 0 heterocycles. The Bertz CT molecular complexity index is 1160. The zero-order valence-electron chi connectivity index (χ0n) is 23.5. The van der Waals surface area contributed by atoms with E-state index >= 15 is 0 Å². The summed E-state index contributed by atoms with van der Waals surface area (Å²) in [5.74, 6) is 2.07. The minimum absolute atomic E-state index is 0.149. The number of nitrogens with zero attached hydrogens (tertiary/aromatic N) is 1. The van der Waals surface area contributed by atoms with E-state index in [9.17, 15) is 14.4 Å².